The Hall–Kier alpha value is -1.65. The van der Waals surface area contributed by atoms with Crippen LogP contribution in [0.1, 0.15) is 18.2 Å². The predicted molar refractivity (Wildman–Crippen MR) is 86.2 cm³/mol. The number of carbonyl (C=O) groups is 1. The van der Waals surface area contributed by atoms with Crippen LogP contribution in [0.5, 0.6) is 0 Å². The molecule has 0 unspecified atom stereocenters. The number of hydrogen-bond donors (Lipinski definition) is 1. The number of benzene rings is 1. The number of nitrogens with zero attached hydrogens (tertiary/aromatic N) is 1. The summed E-state index contributed by atoms with van der Waals surface area (Å²) in [6.07, 6.45) is 4.19. The van der Waals surface area contributed by atoms with Crippen molar-refractivity contribution in [2.45, 2.75) is 13.3 Å². The van der Waals surface area contributed by atoms with Crippen molar-refractivity contribution in [3.8, 4) is 0 Å². The maximum Gasteiger partial charge on any atom is 0.211 e. The Kier molecular flexibility index (Phi) is 3.85. The van der Waals surface area contributed by atoms with Gasteiger partial charge in [0.25, 0.3) is 0 Å². The van der Waals surface area contributed by atoms with E-state index in [1.54, 1.807) is 0 Å². The third-order valence-corrected chi connectivity index (χ3v) is 4.99. The first-order chi connectivity index (χ1) is 9.80. The summed E-state index contributed by atoms with van der Waals surface area (Å²) in [5.41, 5.74) is 2.31. The van der Waals surface area contributed by atoms with Crippen LogP contribution in [-0.2, 0) is 4.79 Å². The molecule has 1 N–H and O–H groups in total. The molecule has 0 atom stereocenters. The van der Waals surface area contributed by atoms with Crippen molar-refractivity contribution in [3.05, 3.63) is 35.2 Å². The van der Waals surface area contributed by atoms with Gasteiger partial charge in [-0.3, -0.25) is 9.69 Å². The van der Waals surface area contributed by atoms with Gasteiger partial charge in [0.15, 0.2) is 0 Å². The smallest absolute Gasteiger partial charge is 0.211 e. The maximum absolute atomic E-state index is 10.5. The molecule has 4 heteroatoms. The van der Waals surface area contributed by atoms with Crippen molar-refractivity contribution in [3.63, 3.8) is 0 Å². The highest BCUT2D eigenvalue weighted by atomic mass is 32.1. The fourth-order valence-corrected chi connectivity index (χ4v) is 3.69. The van der Waals surface area contributed by atoms with Crippen molar-refractivity contribution in [2.24, 2.45) is 0 Å². The van der Waals surface area contributed by atoms with Gasteiger partial charge in [-0.2, -0.15) is 0 Å². The van der Waals surface area contributed by atoms with Gasteiger partial charge in [0.1, 0.15) is 0 Å². The minimum Gasteiger partial charge on any atom is -0.329 e. The SMILES string of the molecule is CCN1CC=C(c2cc3cc(NC=O)ccc3s2)CC1. The number of thiophene rings is 1. The van der Waals surface area contributed by atoms with Crippen LogP contribution in [0.25, 0.3) is 15.7 Å². The number of fused-ring (bicyclic) bond motifs is 1. The molecule has 104 valence electrons. The van der Waals surface area contributed by atoms with Gasteiger partial charge in [-0.25, -0.2) is 0 Å². The van der Waals surface area contributed by atoms with Crippen molar-refractivity contribution in [1.82, 2.24) is 4.90 Å². The number of anilines is 1. The van der Waals surface area contributed by atoms with Crippen LogP contribution in [-0.4, -0.2) is 30.9 Å². The largest absolute Gasteiger partial charge is 0.329 e. The lowest BCUT2D eigenvalue weighted by Crippen LogP contribution is -2.27. The molecule has 0 saturated carbocycles. The fourth-order valence-electron chi connectivity index (χ4n) is 2.58. The van der Waals surface area contributed by atoms with E-state index in [2.05, 4.69) is 35.3 Å². The molecule has 1 aromatic carbocycles. The Balaban J connectivity index is 1.89. The zero-order valence-electron chi connectivity index (χ0n) is 11.6. The molecular weight excluding hydrogens is 268 g/mol. The molecule has 0 radical (unpaired) electrons. The lowest BCUT2D eigenvalue weighted by Gasteiger charge is -2.24. The summed E-state index contributed by atoms with van der Waals surface area (Å²) >= 11 is 1.84. The standard InChI is InChI=1S/C16H18N2OS/c1-2-18-7-5-12(6-8-18)16-10-13-9-14(17-11-19)3-4-15(13)20-16/h3-5,9-11H,2,6-8H2,1H3,(H,17,19). The molecule has 3 rings (SSSR count). The van der Waals surface area contributed by atoms with Gasteiger partial charge >= 0.3 is 0 Å². The minimum absolute atomic E-state index is 0.720. The lowest BCUT2D eigenvalue weighted by molar-refractivity contribution is -0.105. The Bertz CT molecular complexity index is 660. The topological polar surface area (TPSA) is 32.3 Å². The Morgan fingerprint density at radius 2 is 2.30 bits per heavy atom. The summed E-state index contributed by atoms with van der Waals surface area (Å²) in [5, 5.41) is 3.91. The van der Waals surface area contributed by atoms with Crippen LogP contribution in [0.3, 0.4) is 0 Å². The van der Waals surface area contributed by atoms with Crippen LogP contribution in [0.4, 0.5) is 5.69 Å². The molecule has 1 amide bonds. The van der Waals surface area contributed by atoms with E-state index in [1.807, 2.05) is 23.5 Å². The molecule has 0 fully saturated rings. The molecule has 3 nitrogen and oxygen atoms in total. The Morgan fingerprint density at radius 3 is 3.00 bits per heavy atom. The van der Waals surface area contributed by atoms with Gasteiger partial charge < -0.3 is 5.32 Å². The average Bonchev–Trinajstić information content (AvgIpc) is 2.91. The molecule has 1 aromatic heterocycles. The third kappa shape index (κ3) is 2.62. The molecule has 0 bridgehead atoms. The number of amides is 1. The van der Waals surface area contributed by atoms with Crippen LogP contribution in [0, 0.1) is 0 Å². The highest BCUT2D eigenvalue weighted by molar-refractivity contribution is 7.20. The van der Waals surface area contributed by atoms with Crippen LogP contribution >= 0.6 is 11.3 Å². The second-order valence-corrected chi connectivity index (χ2v) is 6.08. The van der Waals surface area contributed by atoms with Crippen molar-refractivity contribution in [2.75, 3.05) is 25.0 Å². The molecule has 0 saturated heterocycles. The second kappa shape index (κ2) is 5.77. The van der Waals surface area contributed by atoms with E-state index in [9.17, 15) is 4.79 Å². The second-order valence-electron chi connectivity index (χ2n) is 5.00. The number of hydrogen-bond acceptors (Lipinski definition) is 3. The van der Waals surface area contributed by atoms with Crippen molar-refractivity contribution < 1.29 is 4.79 Å². The zero-order valence-corrected chi connectivity index (χ0v) is 12.4. The summed E-state index contributed by atoms with van der Waals surface area (Å²) in [4.78, 5) is 14.3. The highest BCUT2D eigenvalue weighted by Crippen LogP contribution is 2.34. The Morgan fingerprint density at radius 1 is 1.40 bits per heavy atom. The summed E-state index contributed by atoms with van der Waals surface area (Å²) in [5.74, 6) is 0. The van der Waals surface area contributed by atoms with E-state index in [0.717, 1.165) is 38.2 Å². The summed E-state index contributed by atoms with van der Waals surface area (Å²) in [7, 11) is 0. The third-order valence-electron chi connectivity index (χ3n) is 3.80. The summed E-state index contributed by atoms with van der Waals surface area (Å²) in [6, 6.07) is 8.30. The van der Waals surface area contributed by atoms with E-state index in [-0.39, 0.29) is 0 Å². The monoisotopic (exact) mass is 286 g/mol. The normalized spacial score (nSPS) is 16.1. The van der Waals surface area contributed by atoms with Gasteiger partial charge in [0.05, 0.1) is 0 Å². The maximum atomic E-state index is 10.5. The van der Waals surface area contributed by atoms with E-state index in [0.29, 0.717) is 0 Å². The van der Waals surface area contributed by atoms with E-state index in [4.69, 9.17) is 0 Å². The Labute approximate surface area is 122 Å². The van der Waals surface area contributed by atoms with Crippen LogP contribution < -0.4 is 5.32 Å². The number of likely N-dealkylation sites (N-methyl/N-ethyl adjacent to an activating group) is 1. The van der Waals surface area contributed by atoms with E-state index in [1.165, 1.54) is 20.5 Å². The fraction of sp³-hybridized carbons (Fsp3) is 0.312. The summed E-state index contributed by atoms with van der Waals surface area (Å²) < 4.78 is 1.27. The molecule has 1 aliphatic heterocycles. The zero-order chi connectivity index (χ0) is 13.9. The van der Waals surface area contributed by atoms with E-state index < -0.39 is 0 Å². The molecular formula is C16H18N2OS. The number of nitrogens with one attached hydrogen (secondary N) is 1. The van der Waals surface area contributed by atoms with Gasteiger partial charge in [-0.05, 0) is 48.2 Å². The first-order valence-corrected chi connectivity index (χ1v) is 7.77. The minimum atomic E-state index is 0.720. The van der Waals surface area contributed by atoms with Crippen molar-refractivity contribution >= 4 is 39.1 Å². The van der Waals surface area contributed by atoms with Gasteiger partial charge in [0.2, 0.25) is 6.41 Å². The highest BCUT2D eigenvalue weighted by Gasteiger charge is 2.13. The first-order valence-electron chi connectivity index (χ1n) is 6.95. The quantitative estimate of drug-likeness (QED) is 0.871. The lowest BCUT2D eigenvalue weighted by atomic mass is 10.1. The first kappa shape index (κ1) is 13.3. The molecule has 1 aliphatic rings. The number of rotatable bonds is 4. The molecule has 0 spiro atoms. The van der Waals surface area contributed by atoms with Crippen molar-refractivity contribution in [1.29, 1.82) is 0 Å². The van der Waals surface area contributed by atoms with Crippen LogP contribution in [0.2, 0.25) is 0 Å². The van der Waals surface area contributed by atoms with Gasteiger partial charge in [0, 0.05) is 28.4 Å². The molecule has 2 heterocycles. The molecule has 0 aliphatic carbocycles. The van der Waals surface area contributed by atoms with E-state index >= 15 is 0 Å². The van der Waals surface area contributed by atoms with Gasteiger partial charge in [-0.15, -0.1) is 11.3 Å². The number of carbonyl (C=O) groups excluding carboxylic acids is 1. The molecule has 2 aromatic rings. The van der Waals surface area contributed by atoms with Gasteiger partial charge in [-0.1, -0.05) is 13.0 Å². The summed E-state index contributed by atoms with van der Waals surface area (Å²) in [6.45, 7) is 5.53. The molecule has 20 heavy (non-hydrogen) atoms. The predicted octanol–water partition coefficient (Wildman–Crippen LogP) is 3.58. The van der Waals surface area contributed by atoms with Crippen LogP contribution in [0.15, 0.2) is 30.3 Å². The average molecular weight is 286 g/mol.